The molecule has 2 aliphatic carbocycles. The number of carbonyl (C=O) groups is 1. The van der Waals surface area contributed by atoms with Gasteiger partial charge in [-0.05, 0) is 125 Å². The van der Waals surface area contributed by atoms with E-state index in [4.69, 9.17) is 55.6 Å². The second-order valence-electron chi connectivity index (χ2n) is 16.6. The lowest BCUT2D eigenvalue weighted by Crippen LogP contribution is -2.50. The summed E-state index contributed by atoms with van der Waals surface area (Å²) in [6, 6.07) is 18.4. The minimum Gasteiger partial charge on any atom is -0.399 e. The van der Waals surface area contributed by atoms with Crippen molar-refractivity contribution in [3.8, 4) is 0 Å². The highest BCUT2D eigenvalue weighted by atomic mass is 35.5. The zero-order valence-corrected chi connectivity index (χ0v) is 40.5. The third-order valence-electron chi connectivity index (χ3n) is 11.0. The van der Waals surface area contributed by atoms with Crippen molar-refractivity contribution in [2.24, 2.45) is 0 Å². The molecule has 0 amide bonds. The average Bonchev–Trinajstić information content (AvgIpc) is 4.05. The molecule has 0 spiro atoms. The molecule has 0 N–H and O–H groups in total. The van der Waals surface area contributed by atoms with Crippen molar-refractivity contribution in [1.82, 2.24) is 7.94 Å². The van der Waals surface area contributed by atoms with Crippen LogP contribution in [0.15, 0.2) is 82.6 Å². The number of rotatable bonds is 6. The fraction of sp³-hybridized carbons (Fsp3) is 0.341. The van der Waals surface area contributed by atoms with Gasteiger partial charge in [0.15, 0.2) is 19.7 Å². The first kappa shape index (κ1) is 47.6. The summed E-state index contributed by atoms with van der Waals surface area (Å²) < 4.78 is 111. The number of benzene rings is 4. The molecule has 1 atom stereocenters. The lowest BCUT2D eigenvalue weighted by Gasteiger charge is -2.38. The zero-order valence-electron chi connectivity index (χ0n) is 34.8. The van der Waals surface area contributed by atoms with Crippen LogP contribution in [0.1, 0.15) is 64.1 Å². The molecule has 9 rings (SSSR count). The number of aromatic nitrogens is 2. The molecule has 63 heavy (non-hydrogen) atoms. The van der Waals surface area contributed by atoms with E-state index in [2.05, 4.69) is 0 Å². The Morgan fingerprint density at radius 3 is 1.57 bits per heavy atom. The fourth-order valence-corrected chi connectivity index (χ4v) is 13.6. The SMILES string of the molecule is C1CCOC1.Cc1ccc(S(=O)(=O)n2c3c(c4c(Cl)c(Cl)ccc42)CCC3(O[Si](C)(C)C)C(F)(F)F)cc1.Cc1ccc(S(=O)(=O)n2c3c(c4c(Cl)c(Cl)ccc42)CCC3=O)cc1. The predicted molar refractivity (Wildman–Crippen MR) is 245 cm³/mol. The number of ketones is 1. The van der Waals surface area contributed by atoms with Crippen molar-refractivity contribution < 1.29 is 44.0 Å². The van der Waals surface area contributed by atoms with Crippen molar-refractivity contribution in [1.29, 1.82) is 0 Å². The van der Waals surface area contributed by atoms with Gasteiger partial charge in [0.1, 0.15) is 5.69 Å². The van der Waals surface area contributed by atoms with Gasteiger partial charge in [-0.3, -0.25) is 4.79 Å². The Morgan fingerprint density at radius 2 is 1.13 bits per heavy atom. The van der Waals surface area contributed by atoms with Crippen LogP contribution in [0.2, 0.25) is 39.7 Å². The summed E-state index contributed by atoms with van der Waals surface area (Å²) in [5.41, 5.74) is 0.0317. The maximum atomic E-state index is 14.8. The number of aryl methyl sites for hydroxylation is 4. The van der Waals surface area contributed by atoms with E-state index in [1.165, 1.54) is 37.1 Å². The van der Waals surface area contributed by atoms with Crippen molar-refractivity contribution in [2.75, 3.05) is 13.2 Å². The molecule has 19 heteroatoms. The normalized spacial score (nSPS) is 17.7. The minimum atomic E-state index is -4.86. The fourth-order valence-electron chi connectivity index (χ4n) is 8.27. The molecular weight excluding hydrogens is 960 g/mol. The summed E-state index contributed by atoms with van der Waals surface area (Å²) in [7, 11) is -11.2. The van der Waals surface area contributed by atoms with Gasteiger partial charge in [-0.15, -0.1) is 0 Å². The number of halogens is 7. The molecule has 1 aliphatic heterocycles. The summed E-state index contributed by atoms with van der Waals surface area (Å²) in [6.45, 7) is 10.6. The summed E-state index contributed by atoms with van der Waals surface area (Å²) in [5.74, 6) is -0.200. The third kappa shape index (κ3) is 8.62. The summed E-state index contributed by atoms with van der Waals surface area (Å²) >= 11 is 25.0. The van der Waals surface area contributed by atoms with Crippen LogP contribution in [0.4, 0.5) is 13.2 Å². The maximum absolute atomic E-state index is 14.8. The number of alkyl halides is 3. The van der Waals surface area contributed by atoms with E-state index in [0.717, 1.165) is 32.3 Å². The van der Waals surface area contributed by atoms with Gasteiger partial charge >= 0.3 is 6.18 Å². The molecule has 1 unspecified atom stereocenters. The number of hydrogen-bond donors (Lipinski definition) is 0. The van der Waals surface area contributed by atoms with Crippen molar-refractivity contribution >= 4 is 102 Å². The number of fused-ring (bicyclic) bond motifs is 6. The van der Waals surface area contributed by atoms with E-state index in [0.29, 0.717) is 27.9 Å². The van der Waals surface area contributed by atoms with Crippen molar-refractivity contribution in [3.63, 3.8) is 0 Å². The molecule has 0 radical (unpaired) electrons. The van der Waals surface area contributed by atoms with Gasteiger partial charge in [0.2, 0.25) is 0 Å². The molecule has 0 bridgehead atoms. The lowest BCUT2D eigenvalue weighted by molar-refractivity contribution is -0.258. The summed E-state index contributed by atoms with van der Waals surface area (Å²) in [4.78, 5) is 12.4. The Bertz CT molecular complexity index is 2990. The van der Waals surface area contributed by atoms with E-state index in [1.54, 1.807) is 75.1 Å². The van der Waals surface area contributed by atoms with Gasteiger partial charge in [0.25, 0.3) is 20.0 Å². The predicted octanol–water partition coefficient (Wildman–Crippen LogP) is 12.5. The zero-order chi connectivity index (χ0) is 46.0. The number of carbonyl (C=O) groups excluding carboxylic acids is 1. The first-order chi connectivity index (χ1) is 29.4. The first-order valence-electron chi connectivity index (χ1n) is 20.0. The summed E-state index contributed by atoms with van der Waals surface area (Å²) in [6.07, 6.45) is -2.06. The molecule has 0 saturated carbocycles. The standard InChI is InChI=1S/C22H22Cl2F3NO3SSi.C18H13Cl2NO3S.C4H8O/c1-13-5-7-14(8-6-13)32(29,30)28-17-10-9-16(23)19(24)18(17)15-11-12-21(20(15)28,22(25,26)27)31-33(2,3)4;1-10-2-4-11(5-3-10)25(23,24)21-14-8-7-13(19)17(20)16(14)12-6-9-15(22)18(12)21;1-2-4-5-3-1/h5-10H,11-12H2,1-4H3;2-5,7-8H,6,9H2,1H3;1-4H2. The topological polar surface area (TPSA) is 114 Å². The minimum absolute atomic E-state index is 0.0225. The molecular formula is C44H43Cl4F3N2O7S2Si. The van der Waals surface area contributed by atoms with E-state index < -0.39 is 52.3 Å². The molecule has 4 aromatic carbocycles. The Labute approximate surface area is 385 Å². The lowest BCUT2D eigenvalue weighted by atomic mass is 10.0. The van der Waals surface area contributed by atoms with E-state index in [-0.39, 0.29) is 65.6 Å². The van der Waals surface area contributed by atoms with Crippen molar-refractivity contribution in [2.45, 2.75) is 93.6 Å². The van der Waals surface area contributed by atoms with Crippen LogP contribution >= 0.6 is 46.4 Å². The molecule has 6 aromatic rings. The highest BCUT2D eigenvalue weighted by Crippen LogP contribution is 2.56. The molecule has 9 nitrogen and oxygen atoms in total. The second-order valence-corrected chi connectivity index (χ2v) is 26.2. The van der Waals surface area contributed by atoms with Gasteiger partial charge in [-0.25, -0.2) is 24.8 Å². The molecule has 1 saturated heterocycles. The van der Waals surface area contributed by atoms with Crippen LogP contribution in [-0.2, 0) is 47.7 Å². The molecule has 3 aliphatic rings. The van der Waals surface area contributed by atoms with E-state index >= 15 is 0 Å². The van der Waals surface area contributed by atoms with Crippen LogP contribution < -0.4 is 0 Å². The van der Waals surface area contributed by atoms with Crippen LogP contribution in [0.25, 0.3) is 21.8 Å². The number of nitrogens with zero attached hydrogens (tertiary/aromatic N) is 2. The van der Waals surface area contributed by atoms with E-state index in [9.17, 15) is 34.8 Å². The van der Waals surface area contributed by atoms with Gasteiger partial charge in [-0.2, -0.15) is 13.2 Å². The monoisotopic (exact) mass is 1000 g/mol. The van der Waals surface area contributed by atoms with Gasteiger partial charge in [0, 0.05) is 30.4 Å². The van der Waals surface area contributed by atoms with E-state index in [1.807, 2.05) is 6.92 Å². The smallest absolute Gasteiger partial charge is 0.399 e. The van der Waals surface area contributed by atoms with Crippen LogP contribution in [0.3, 0.4) is 0 Å². The van der Waals surface area contributed by atoms with Gasteiger partial charge < -0.3 is 9.16 Å². The van der Waals surface area contributed by atoms with Gasteiger partial charge in [0.05, 0.1) is 46.6 Å². The average molecular weight is 1000 g/mol. The van der Waals surface area contributed by atoms with Crippen LogP contribution in [0.5, 0.6) is 0 Å². The van der Waals surface area contributed by atoms with Gasteiger partial charge in [-0.1, -0.05) is 81.8 Å². The molecule has 3 heterocycles. The number of ether oxygens (including phenoxy) is 1. The molecule has 336 valence electrons. The Morgan fingerprint density at radius 1 is 0.667 bits per heavy atom. The quantitative estimate of drug-likeness (QED) is 0.153. The number of Topliss-reactive ketones (excluding diaryl/α,β-unsaturated/α-hetero) is 1. The Kier molecular flexibility index (Phi) is 13.2. The maximum Gasteiger partial charge on any atom is 0.422 e. The van der Waals surface area contributed by atoms with Crippen LogP contribution in [-0.4, -0.2) is 58.3 Å². The highest BCUT2D eigenvalue weighted by Gasteiger charge is 2.64. The Balaban J connectivity index is 0.000000174. The Hall–Kier alpha value is -3.38. The third-order valence-corrected chi connectivity index (χ3v) is 17.0. The van der Waals surface area contributed by atoms with Crippen molar-refractivity contribution in [3.05, 3.63) is 127 Å². The second kappa shape index (κ2) is 17.4. The summed E-state index contributed by atoms with van der Waals surface area (Å²) in [5, 5.41) is 1.52. The number of hydrogen-bond acceptors (Lipinski definition) is 7. The molecule has 1 fully saturated rings. The molecule has 2 aromatic heterocycles. The largest absolute Gasteiger partial charge is 0.422 e. The first-order valence-corrected chi connectivity index (χ1v) is 27.8. The highest BCUT2D eigenvalue weighted by molar-refractivity contribution is 7.90. The van der Waals surface area contributed by atoms with Crippen LogP contribution in [0, 0.1) is 13.8 Å².